The van der Waals surface area contributed by atoms with Gasteiger partial charge in [-0.05, 0) is 42.1 Å². The zero-order valence-corrected chi connectivity index (χ0v) is 9.71. The Balaban J connectivity index is 2.38. The summed E-state index contributed by atoms with van der Waals surface area (Å²) in [5.74, 6) is 0. The fraction of sp³-hybridized carbons (Fsp3) is 0.167. The first-order chi connectivity index (χ1) is 7.18. The summed E-state index contributed by atoms with van der Waals surface area (Å²) in [5, 5.41) is 3.27. The third kappa shape index (κ3) is 1.97. The average Bonchev–Trinajstić information content (AvgIpc) is 2.69. The van der Waals surface area contributed by atoms with E-state index in [-0.39, 0.29) is 0 Å². The van der Waals surface area contributed by atoms with Gasteiger partial charge in [0.25, 0.3) is 0 Å². The lowest BCUT2D eigenvalue weighted by atomic mass is 10.2. The van der Waals surface area contributed by atoms with Gasteiger partial charge in [0, 0.05) is 7.05 Å². The maximum atomic E-state index is 5.99. The highest BCUT2D eigenvalue weighted by atomic mass is 32.1. The molecule has 2 nitrogen and oxygen atoms in total. The maximum Gasteiger partial charge on any atom is 0.0951 e. The van der Waals surface area contributed by atoms with Crippen LogP contribution in [0.4, 0.5) is 16.4 Å². The highest BCUT2D eigenvalue weighted by molar-refractivity contribution is 7.14. The van der Waals surface area contributed by atoms with Gasteiger partial charge in [-0.15, -0.1) is 11.3 Å². The van der Waals surface area contributed by atoms with Crippen molar-refractivity contribution in [3.05, 3.63) is 41.3 Å². The van der Waals surface area contributed by atoms with Crippen molar-refractivity contribution in [2.45, 2.75) is 6.92 Å². The Labute approximate surface area is 94.0 Å². The first-order valence-electron chi connectivity index (χ1n) is 4.82. The van der Waals surface area contributed by atoms with Crippen LogP contribution in [0, 0.1) is 6.92 Å². The Hall–Kier alpha value is -1.48. The van der Waals surface area contributed by atoms with Gasteiger partial charge in [-0.3, -0.25) is 0 Å². The van der Waals surface area contributed by atoms with E-state index in [9.17, 15) is 0 Å². The van der Waals surface area contributed by atoms with Crippen molar-refractivity contribution in [2.75, 3.05) is 17.7 Å². The Morgan fingerprint density at radius 1 is 1.27 bits per heavy atom. The number of anilines is 3. The second-order valence-electron chi connectivity index (χ2n) is 3.57. The van der Waals surface area contributed by atoms with E-state index < -0.39 is 0 Å². The molecule has 78 valence electrons. The summed E-state index contributed by atoms with van der Waals surface area (Å²) in [6.45, 7) is 2.05. The molecule has 15 heavy (non-hydrogen) atoms. The van der Waals surface area contributed by atoms with Crippen LogP contribution < -0.4 is 10.6 Å². The molecule has 0 aliphatic carbocycles. The molecule has 2 rings (SSSR count). The summed E-state index contributed by atoms with van der Waals surface area (Å²) in [5.41, 5.74) is 9.07. The molecule has 1 heterocycles. The van der Waals surface area contributed by atoms with Crippen LogP contribution in [0.15, 0.2) is 35.7 Å². The maximum absolute atomic E-state index is 5.99. The van der Waals surface area contributed by atoms with Crippen LogP contribution in [0.25, 0.3) is 0 Å². The third-order valence-corrected chi connectivity index (χ3v) is 3.33. The second-order valence-corrected chi connectivity index (χ2v) is 4.50. The molecule has 0 radical (unpaired) electrons. The summed E-state index contributed by atoms with van der Waals surface area (Å²) >= 11 is 1.71. The van der Waals surface area contributed by atoms with Crippen molar-refractivity contribution in [1.29, 1.82) is 0 Å². The highest BCUT2D eigenvalue weighted by Gasteiger charge is 2.07. The molecule has 2 aromatic rings. The lowest BCUT2D eigenvalue weighted by Crippen LogP contribution is -2.10. The van der Waals surface area contributed by atoms with Gasteiger partial charge < -0.3 is 10.6 Å². The number of nitrogens with two attached hydrogens (primary N) is 1. The molecule has 2 N–H and O–H groups in total. The number of benzene rings is 1. The largest absolute Gasteiger partial charge is 0.397 e. The lowest BCUT2D eigenvalue weighted by Gasteiger charge is -2.19. The Morgan fingerprint density at radius 3 is 2.67 bits per heavy atom. The minimum atomic E-state index is 0.825. The summed E-state index contributed by atoms with van der Waals surface area (Å²) in [4.78, 5) is 2.11. The van der Waals surface area contributed by atoms with E-state index in [1.54, 1.807) is 11.3 Å². The smallest absolute Gasteiger partial charge is 0.0951 e. The topological polar surface area (TPSA) is 29.3 Å². The number of thiophene rings is 1. The standard InChI is InChI=1S/C12H14N2S/c1-9-5-6-11(10(13)8-9)14(2)12-4-3-7-15-12/h3-8H,13H2,1-2H3. The van der Waals surface area contributed by atoms with Gasteiger partial charge in [-0.25, -0.2) is 0 Å². The van der Waals surface area contributed by atoms with Crippen molar-refractivity contribution in [3.63, 3.8) is 0 Å². The lowest BCUT2D eigenvalue weighted by molar-refractivity contribution is 1.24. The summed E-state index contributed by atoms with van der Waals surface area (Å²) in [6, 6.07) is 10.3. The Kier molecular flexibility index (Phi) is 2.64. The third-order valence-electron chi connectivity index (χ3n) is 2.38. The average molecular weight is 218 g/mol. The van der Waals surface area contributed by atoms with Gasteiger partial charge >= 0.3 is 0 Å². The molecule has 0 atom stereocenters. The van der Waals surface area contributed by atoms with Gasteiger partial charge in [0.05, 0.1) is 16.4 Å². The molecule has 0 unspecified atom stereocenters. The van der Waals surface area contributed by atoms with E-state index in [1.807, 2.05) is 26.1 Å². The van der Waals surface area contributed by atoms with Crippen LogP contribution in [0.5, 0.6) is 0 Å². The normalized spacial score (nSPS) is 10.3. The van der Waals surface area contributed by atoms with Crippen LogP contribution in [0.2, 0.25) is 0 Å². The van der Waals surface area contributed by atoms with E-state index >= 15 is 0 Å². The van der Waals surface area contributed by atoms with Crippen molar-refractivity contribution in [1.82, 2.24) is 0 Å². The summed E-state index contributed by atoms with van der Waals surface area (Å²) < 4.78 is 0. The molecule has 0 saturated carbocycles. The number of rotatable bonds is 2. The molecule has 3 heteroatoms. The number of nitrogens with zero attached hydrogens (tertiary/aromatic N) is 1. The summed E-state index contributed by atoms with van der Waals surface area (Å²) in [7, 11) is 2.03. The van der Waals surface area contributed by atoms with Gasteiger partial charge in [0.1, 0.15) is 0 Å². The van der Waals surface area contributed by atoms with Crippen molar-refractivity contribution >= 4 is 27.7 Å². The SMILES string of the molecule is Cc1ccc(N(C)c2cccs2)c(N)c1. The monoisotopic (exact) mass is 218 g/mol. The molecule has 0 fully saturated rings. The van der Waals surface area contributed by atoms with Gasteiger partial charge in [0.15, 0.2) is 0 Å². The molecule has 0 aliphatic rings. The van der Waals surface area contributed by atoms with E-state index in [2.05, 4.69) is 28.5 Å². The van der Waals surface area contributed by atoms with Crippen LogP contribution in [0.3, 0.4) is 0 Å². The van der Waals surface area contributed by atoms with Gasteiger partial charge in [0.2, 0.25) is 0 Å². The first kappa shape index (κ1) is 10.1. The van der Waals surface area contributed by atoms with Crippen LogP contribution >= 0.6 is 11.3 Å². The van der Waals surface area contributed by atoms with E-state index in [4.69, 9.17) is 5.73 Å². The first-order valence-corrected chi connectivity index (χ1v) is 5.70. The Morgan fingerprint density at radius 2 is 2.07 bits per heavy atom. The minimum absolute atomic E-state index is 0.825. The van der Waals surface area contributed by atoms with Crippen molar-refractivity contribution in [2.24, 2.45) is 0 Å². The minimum Gasteiger partial charge on any atom is -0.397 e. The molecule has 1 aromatic carbocycles. The number of hydrogen-bond acceptors (Lipinski definition) is 3. The van der Waals surface area contributed by atoms with Crippen molar-refractivity contribution < 1.29 is 0 Å². The fourth-order valence-corrected chi connectivity index (χ4v) is 2.27. The fourth-order valence-electron chi connectivity index (χ4n) is 1.56. The van der Waals surface area contributed by atoms with Crippen LogP contribution in [-0.4, -0.2) is 7.05 Å². The molecule has 0 amide bonds. The zero-order valence-electron chi connectivity index (χ0n) is 8.90. The molecule has 0 aliphatic heterocycles. The van der Waals surface area contributed by atoms with Gasteiger partial charge in [-0.1, -0.05) is 6.07 Å². The number of aryl methyl sites for hydroxylation is 1. The van der Waals surface area contributed by atoms with Crippen LogP contribution in [0.1, 0.15) is 5.56 Å². The van der Waals surface area contributed by atoms with E-state index in [0.29, 0.717) is 0 Å². The number of hydrogen-bond donors (Lipinski definition) is 1. The second kappa shape index (κ2) is 3.95. The van der Waals surface area contributed by atoms with Crippen LogP contribution in [-0.2, 0) is 0 Å². The van der Waals surface area contributed by atoms with Crippen molar-refractivity contribution in [3.8, 4) is 0 Å². The predicted octanol–water partition coefficient (Wildman–Crippen LogP) is 3.41. The molecule has 0 bridgehead atoms. The van der Waals surface area contributed by atoms with Gasteiger partial charge in [-0.2, -0.15) is 0 Å². The summed E-state index contributed by atoms with van der Waals surface area (Å²) in [6.07, 6.45) is 0. The molecule has 0 saturated heterocycles. The molecular formula is C12H14N2S. The molecule has 1 aromatic heterocycles. The van der Waals surface area contributed by atoms with E-state index in [0.717, 1.165) is 11.4 Å². The zero-order chi connectivity index (χ0) is 10.8. The molecule has 0 spiro atoms. The number of nitrogen functional groups attached to an aromatic ring is 1. The Bertz CT molecular complexity index is 449. The molecular weight excluding hydrogens is 204 g/mol. The predicted molar refractivity (Wildman–Crippen MR) is 68.0 cm³/mol. The highest BCUT2D eigenvalue weighted by Crippen LogP contribution is 2.32. The quantitative estimate of drug-likeness (QED) is 0.783. The van der Waals surface area contributed by atoms with E-state index in [1.165, 1.54) is 10.6 Å².